The fourth-order valence-electron chi connectivity index (χ4n) is 1.34. The lowest BCUT2D eigenvalue weighted by Gasteiger charge is -2.07. The average Bonchev–Trinajstić information content (AvgIpc) is 2.63. The molecule has 0 atom stereocenters. The van der Waals surface area contributed by atoms with Crippen LogP contribution in [0.2, 0.25) is 0 Å². The Morgan fingerprint density at radius 1 is 1.29 bits per heavy atom. The molecule has 0 aromatic carbocycles. The molecule has 0 radical (unpaired) electrons. The number of aryl methyl sites for hydroxylation is 1. The van der Waals surface area contributed by atoms with Crippen molar-refractivity contribution >= 4 is 37.7 Å². The van der Waals surface area contributed by atoms with E-state index >= 15 is 0 Å². The van der Waals surface area contributed by atoms with E-state index in [0.29, 0.717) is 22.1 Å². The maximum Gasteiger partial charge on any atom is 0.198 e. The maximum absolute atomic E-state index is 5.47. The molecule has 0 aliphatic carbocycles. The number of hydrogen-bond acceptors (Lipinski definition) is 5. The lowest BCUT2D eigenvalue weighted by molar-refractivity contribution is 0.549. The van der Waals surface area contributed by atoms with Crippen LogP contribution in [0, 0.1) is 13.8 Å². The number of aromatic nitrogens is 2. The van der Waals surface area contributed by atoms with Gasteiger partial charge in [0.1, 0.15) is 5.82 Å². The molecule has 2 rings (SSSR count). The van der Waals surface area contributed by atoms with E-state index in [9.17, 15) is 0 Å². The zero-order chi connectivity index (χ0) is 12.6. The van der Waals surface area contributed by atoms with Crippen molar-refractivity contribution in [2.75, 3.05) is 5.43 Å². The predicted molar refractivity (Wildman–Crippen MR) is 72.4 cm³/mol. The van der Waals surface area contributed by atoms with Gasteiger partial charge in [-0.3, -0.25) is 0 Å². The smallest absolute Gasteiger partial charge is 0.198 e. The van der Waals surface area contributed by atoms with Crippen molar-refractivity contribution in [3.05, 3.63) is 26.5 Å². The average molecular weight is 362 g/mol. The Labute approximate surface area is 115 Å². The van der Waals surface area contributed by atoms with Crippen LogP contribution >= 0.6 is 31.9 Å². The Bertz CT molecular complexity index is 548. The lowest BCUT2D eigenvalue weighted by Crippen LogP contribution is -2.12. The van der Waals surface area contributed by atoms with Crippen LogP contribution in [0.5, 0.6) is 0 Å². The summed E-state index contributed by atoms with van der Waals surface area (Å²) in [6.07, 6.45) is 0. The summed E-state index contributed by atoms with van der Waals surface area (Å²) in [4.78, 5) is 8.66. The minimum absolute atomic E-state index is 0.493. The number of nitrogens with two attached hydrogens (primary N) is 1. The first-order valence-corrected chi connectivity index (χ1v) is 6.38. The van der Waals surface area contributed by atoms with Crippen molar-refractivity contribution in [1.82, 2.24) is 9.97 Å². The molecule has 7 heteroatoms. The standard InChI is InChI=1S/C10H10Br2N4O/c1-4-5(2)14-10(15-9(4)16-13)7-3-6(11)8(12)17-7/h3H,13H2,1-2H3,(H,14,15,16). The number of rotatable bonds is 2. The first-order chi connectivity index (χ1) is 8.02. The Morgan fingerprint density at radius 2 is 2.00 bits per heavy atom. The molecule has 0 spiro atoms. The summed E-state index contributed by atoms with van der Waals surface area (Å²) >= 11 is 6.62. The van der Waals surface area contributed by atoms with Crippen LogP contribution in [-0.4, -0.2) is 9.97 Å². The summed E-state index contributed by atoms with van der Waals surface area (Å²) in [5.41, 5.74) is 4.32. The fourth-order valence-corrected chi connectivity index (χ4v) is 1.91. The van der Waals surface area contributed by atoms with Gasteiger partial charge >= 0.3 is 0 Å². The van der Waals surface area contributed by atoms with Gasteiger partial charge in [-0.05, 0) is 45.7 Å². The zero-order valence-electron chi connectivity index (χ0n) is 9.21. The number of halogens is 2. The summed E-state index contributed by atoms with van der Waals surface area (Å²) < 4.78 is 6.90. The minimum Gasteiger partial charge on any atom is -0.445 e. The quantitative estimate of drug-likeness (QED) is 0.634. The topological polar surface area (TPSA) is 77.0 Å². The van der Waals surface area contributed by atoms with Gasteiger partial charge < -0.3 is 9.84 Å². The molecule has 90 valence electrons. The number of hydrazine groups is 1. The van der Waals surface area contributed by atoms with Crippen LogP contribution in [0.15, 0.2) is 19.6 Å². The SMILES string of the molecule is Cc1nc(-c2cc(Br)c(Br)o2)nc(NN)c1C. The molecule has 0 saturated heterocycles. The monoisotopic (exact) mass is 360 g/mol. The zero-order valence-corrected chi connectivity index (χ0v) is 12.4. The molecular formula is C10H10Br2N4O. The van der Waals surface area contributed by atoms with Crippen LogP contribution < -0.4 is 11.3 Å². The van der Waals surface area contributed by atoms with E-state index in [1.165, 1.54) is 0 Å². The second kappa shape index (κ2) is 4.75. The van der Waals surface area contributed by atoms with Crippen LogP contribution in [0.25, 0.3) is 11.6 Å². The Hall–Kier alpha value is -0.920. The van der Waals surface area contributed by atoms with Crippen LogP contribution in [0.1, 0.15) is 11.3 Å². The molecule has 5 nitrogen and oxygen atoms in total. The molecule has 0 saturated carbocycles. The molecule has 17 heavy (non-hydrogen) atoms. The molecule has 0 aliphatic heterocycles. The Morgan fingerprint density at radius 3 is 2.53 bits per heavy atom. The molecule has 3 N–H and O–H groups in total. The molecule has 0 fully saturated rings. The van der Waals surface area contributed by atoms with Gasteiger partial charge in [0.2, 0.25) is 0 Å². The molecular weight excluding hydrogens is 352 g/mol. The minimum atomic E-state index is 0.493. The third-order valence-electron chi connectivity index (χ3n) is 2.39. The normalized spacial score (nSPS) is 10.6. The number of anilines is 1. The summed E-state index contributed by atoms with van der Waals surface area (Å²) in [5, 5.41) is 0. The van der Waals surface area contributed by atoms with E-state index < -0.39 is 0 Å². The highest BCUT2D eigenvalue weighted by molar-refractivity contribution is 9.13. The van der Waals surface area contributed by atoms with E-state index in [1.54, 1.807) is 6.07 Å². The van der Waals surface area contributed by atoms with Crippen molar-refractivity contribution in [2.45, 2.75) is 13.8 Å². The molecule has 0 unspecified atom stereocenters. The van der Waals surface area contributed by atoms with Gasteiger partial charge in [-0.1, -0.05) is 0 Å². The number of nitrogens with one attached hydrogen (secondary N) is 1. The fraction of sp³-hybridized carbons (Fsp3) is 0.200. The summed E-state index contributed by atoms with van der Waals surface area (Å²) in [7, 11) is 0. The van der Waals surface area contributed by atoms with Gasteiger partial charge in [0, 0.05) is 17.3 Å². The molecule has 2 aromatic heterocycles. The van der Waals surface area contributed by atoms with E-state index in [0.717, 1.165) is 15.7 Å². The van der Waals surface area contributed by atoms with E-state index in [4.69, 9.17) is 10.3 Å². The first-order valence-electron chi connectivity index (χ1n) is 4.80. The highest BCUT2D eigenvalue weighted by Gasteiger charge is 2.14. The number of nitrogens with zero attached hydrogens (tertiary/aromatic N) is 2. The van der Waals surface area contributed by atoms with E-state index in [-0.39, 0.29) is 0 Å². The lowest BCUT2D eigenvalue weighted by atomic mass is 10.2. The largest absolute Gasteiger partial charge is 0.445 e. The van der Waals surface area contributed by atoms with Crippen molar-refractivity contribution in [3.63, 3.8) is 0 Å². The summed E-state index contributed by atoms with van der Waals surface area (Å²) in [6, 6.07) is 1.80. The maximum atomic E-state index is 5.47. The number of hydrogen-bond donors (Lipinski definition) is 2. The Balaban J connectivity index is 2.56. The molecule has 2 aromatic rings. The van der Waals surface area contributed by atoms with Gasteiger partial charge in [0.25, 0.3) is 0 Å². The molecule has 0 aliphatic rings. The van der Waals surface area contributed by atoms with Gasteiger partial charge in [-0.15, -0.1) is 0 Å². The van der Waals surface area contributed by atoms with Crippen LogP contribution in [-0.2, 0) is 0 Å². The van der Waals surface area contributed by atoms with E-state index in [1.807, 2.05) is 13.8 Å². The summed E-state index contributed by atoms with van der Waals surface area (Å²) in [6.45, 7) is 3.80. The van der Waals surface area contributed by atoms with Crippen LogP contribution in [0.4, 0.5) is 5.82 Å². The Kier molecular flexibility index (Phi) is 3.50. The van der Waals surface area contributed by atoms with E-state index in [2.05, 4.69) is 47.3 Å². The highest BCUT2D eigenvalue weighted by atomic mass is 79.9. The van der Waals surface area contributed by atoms with Crippen LogP contribution in [0.3, 0.4) is 0 Å². The summed E-state index contributed by atoms with van der Waals surface area (Å²) in [5.74, 6) is 7.07. The van der Waals surface area contributed by atoms with Crippen molar-refractivity contribution < 1.29 is 4.42 Å². The third-order valence-corrected chi connectivity index (χ3v) is 4.10. The van der Waals surface area contributed by atoms with Crippen molar-refractivity contribution in [1.29, 1.82) is 0 Å². The third kappa shape index (κ3) is 2.36. The number of furan rings is 1. The van der Waals surface area contributed by atoms with Gasteiger partial charge in [0.15, 0.2) is 16.3 Å². The van der Waals surface area contributed by atoms with Gasteiger partial charge in [-0.2, -0.15) is 0 Å². The number of nitrogen functional groups attached to an aromatic ring is 1. The van der Waals surface area contributed by atoms with Gasteiger partial charge in [-0.25, -0.2) is 15.8 Å². The first kappa shape index (κ1) is 12.5. The van der Waals surface area contributed by atoms with Crippen molar-refractivity contribution in [2.24, 2.45) is 5.84 Å². The van der Waals surface area contributed by atoms with Crippen molar-refractivity contribution in [3.8, 4) is 11.6 Å². The highest BCUT2D eigenvalue weighted by Crippen LogP contribution is 2.32. The second-order valence-corrected chi connectivity index (χ2v) is 5.06. The molecule has 0 amide bonds. The second-order valence-electron chi connectivity index (χ2n) is 3.48. The predicted octanol–water partition coefficient (Wildman–Crippen LogP) is 3.16. The molecule has 2 heterocycles. The molecule has 0 bridgehead atoms. The van der Waals surface area contributed by atoms with Gasteiger partial charge in [0.05, 0.1) is 4.47 Å².